The molecule has 0 radical (unpaired) electrons. The first-order valence-corrected chi connectivity index (χ1v) is 6.05. The van der Waals surface area contributed by atoms with Crippen molar-refractivity contribution in [2.75, 3.05) is 12.4 Å². The Labute approximate surface area is 102 Å². The highest BCUT2D eigenvalue weighted by Crippen LogP contribution is 2.10. The Morgan fingerprint density at radius 1 is 1.38 bits per heavy atom. The molecule has 0 fully saturated rings. The second-order valence-corrected chi connectivity index (χ2v) is 4.35. The van der Waals surface area contributed by atoms with Crippen molar-refractivity contribution >= 4 is 17.5 Å². The Morgan fingerprint density at radius 2 is 2.12 bits per heavy atom. The number of hydrogen-bond acceptors (Lipinski definition) is 1. The normalized spacial score (nSPS) is 10.2. The van der Waals surface area contributed by atoms with Gasteiger partial charge < -0.3 is 5.32 Å². The Morgan fingerprint density at radius 3 is 2.75 bits per heavy atom. The van der Waals surface area contributed by atoms with Crippen LogP contribution in [0.4, 0.5) is 0 Å². The van der Waals surface area contributed by atoms with Crippen LogP contribution < -0.4 is 5.32 Å². The van der Waals surface area contributed by atoms with Crippen LogP contribution in [0.2, 0.25) is 0 Å². The number of carbonyl (C=O) groups excluding carboxylic acids is 1. The number of alkyl halides is 1. The van der Waals surface area contributed by atoms with Crippen molar-refractivity contribution in [3.63, 3.8) is 0 Å². The van der Waals surface area contributed by atoms with E-state index in [1.165, 1.54) is 16.7 Å². The first-order chi connectivity index (χ1) is 7.63. The van der Waals surface area contributed by atoms with Crippen LogP contribution in [-0.4, -0.2) is 18.3 Å². The molecule has 1 amide bonds. The van der Waals surface area contributed by atoms with Gasteiger partial charge in [0.2, 0.25) is 5.91 Å². The van der Waals surface area contributed by atoms with Gasteiger partial charge in [0.15, 0.2) is 0 Å². The first-order valence-electron chi connectivity index (χ1n) is 5.52. The van der Waals surface area contributed by atoms with E-state index in [-0.39, 0.29) is 5.91 Å². The van der Waals surface area contributed by atoms with Crippen molar-refractivity contribution in [2.24, 2.45) is 0 Å². The lowest BCUT2D eigenvalue weighted by Crippen LogP contribution is -2.25. The van der Waals surface area contributed by atoms with E-state index in [9.17, 15) is 4.79 Å². The summed E-state index contributed by atoms with van der Waals surface area (Å²) in [4.78, 5) is 11.2. The Kier molecular flexibility index (Phi) is 5.33. The Balaban J connectivity index is 2.40. The van der Waals surface area contributed by atoms with Crippen molar-refractivity contribution in [1.82, 2.24) is 5.32 Å². The van der Waals surface area contributed by atoms with Gasteiger partial charge in [0.1, 0.15) is 0 Å². The largest absolute Gasteiger partial charge is 0.356 e. The van der Waals surface area contributed by atoms with Crippen molar-refractivity contribution in [3.05, 3.63) is 34.9 Å². The molecule has 1 aromatic carbocycles. The minimum atomic E-state index is 0.0276. The van der Waals surface area contributed by atoms with Crippen LogP contribution in [0.25, 0.3) is 0 Å². The highest BCUT2D eigenvalue weighted by atomic mass is 35.5. The zero-order chi connectivity index (χ0) is 12.0. The van der Waals surface area contributed by atoms with E-state index >= 15 is 0 Å². The predicted octanol–water partition coefficient (Wildman–Crippen LogP) is 2.59. The van der Waals surface area contributed by atoms with Crippen molar-refractivity contribution in [3.8, 4) is 0 Å². The average Bonchev–Trinajstić information content (AvgIpc) is 2.22. The molecule has 0 spiro atoms. The fourth-order valence-electron chi connectivity index (χ4n) is 1.64. The number of benzene rings is 1. The van der Waals surface area contributed by atoms with Gasteiger partial charge in [-0.2, -0.15) is 0 Å². The monoisotopic (exact) mass is 239 g/mol. The maximum absolute atomic E-state index is 11.2. The van der Waals surface area contributed by atoms with Gasteiger partial charge in [-0.25, -0.2) is 0 Å². The summed E-state index contributed by atoms with van der Waals surface area (Å²) in [6.07, 6.45) is 1.27. The minimum absolute atomic E-state index is 0.0276. The molecule has 0 heterocycles. The standard InChI is InChI=1S/C13H18ClNO/c1-10-3-4-12(11(2)9-10)6-8-15-13(16)5-7-14/h3-4,9H,5-8H2,1-2H3,(H,15,16). The van der Waals surface area contributed by atoms with Crippen LogP contribution in [0.15, 0.2) is 18.2 Å². The summed E-state index contributed by atoms with van der Waals surface area (Å²) in [6, 6.07) is 6.39. The molecule has 0 atom stereocenters. The topological polar surface area (TPSA) is 29.1 Å². The van der Waals surface area contributed by atoms with Gasteiger partial charge in [-0.3, -0.25) is 4.79 Å². The molecule has 16 heavy (non-hydrogen) atoms. The summed E-state index contributed by atoms with van der Waals surface area (Å²) >= 11 is 5.47. The zero-order valence-electron chi connectivity index (χ0n) is 9.85. The second kappa shape index (κ2) is 6.54. The van der Waals surface area contributed by atoms with Crippen LogP contribution in [0.1, 0.15) is 23.1 Å². The maximum atomic E-state index is 11.2. The molecule has 0 aliphatic rings. The molecule has 0 aliphatic carbocycles. The second-order valence-electron chi connectivity index (χ2n) is 3.97. The minimum Gasteiger partial charge on any atom is -0.356 e. The maximum Gasteiger partial charge on any atom is 0.221 e. The van der Waals surface area contributed by atoms with E-state index in [1.807, 2.05) is 0 Å². The average molecular weight is 240 g/mol. The summed E-state index contributed by atoms with van der Waals surface area (Å²) in [5.41, 5.74) is 3.84. The number of nitrogens with one attached hydrogen (secondary N) is 1. The van der Waals surface area contributed by atoms with E-state index in [2.05, 4.69) is 37.4 Å². The summed E-state index contributed by atoms with van der Waals surface area (Å²) in [7, 11) is 0. The molecule has 0 bridgehead atoms. The highest BCUT2D eigenvalue weighted by Gasteiger charge is 2.01. The van der Waals surface area contributed by atoms with Gasteiger partial charge >= 0.3 is 0 Å². The van der Waals surface area contributed by atoms with Crippen molar-refractivity contribution < 1.29 is 4.79 Å². The summed E-state index contributed by atoms with van der Waals surface area (Å²) < 4.78 is 0. The molecule has 0 saturated carbocycles. The Bertz CT molecular complexity index is 363. The molecule has 0 aliphatic heterocycles. The number of hydrogen-bond donors (Lipinski definition) is 1. The molecule has 0 aromatic heterocycles. The molecular formula is C13H18ClNO. The number of amides is 1. The number of halogens is 1. The quantitative estimate of drug-likeness (QED) is 0.787. The molecule has 1 N–H and O–H groups in total. The van der Waals surface area contributed by atoms with Gasteiger partial charge in [0.25, 0.3) is 0 Å². The van der Waals surface area contributed by atoms with Gasteiger partial charge in [0, 0.05) is 18.8 Å². The molecule has 88 valence electrons. The molecule has 0 saturated heterocycles. The van der Waals surface area contributed by atoms with Gasteiger partial charge in [-0.05, 0) is 31.4 Å². The van der Waals surface area contributed by atoms with Gasteiger partial charge in [-0.1, -0.05) is 23.8 Å². The molecular weight excluding hydrogens is 222 g/mol. The molecule has 1 aromatic rings. The molecule has 2 nitrogen and oxygen atoms in total. The fraction of sp³-hybridized carbons (Fsp3) is 0.462. The van der Waals surface area contributed by atoms with Crippen LogP contribution in [-0.2, 0) is 11.2 Å². The van der Waals surface area contributed by atoms with E-state index < -0.39 is 0 Å². The van der Waals surface area contributed by atoms with Crippen LogP contribution >= 0.6 is 11.6 Å². The van der Waals surface area contributed by atoms with Crippen molar-refractivity contribution in [2.45, 2.75) is 26.7 Å². The van der Waals surface area contributed by atoms with E-state index in [4.69, 9.17) is 11.6 Å². The van der Waals surface area contributed by atoms with Crippen LogP contribution in [0.5, 0.6) is 0 Å². The van der Waals surface area contributed by atoms with Crippen LogP contribution in [0, 0.1) is 13.8 Å². The lowest BCUT2D eigenvalue weighted by Gasteiger charge is -2.07. The Hall–Kier alpha value is -1.02. The predicted molar refractivity (Wildman–Crippen MR) is 68.0 cm³/mol. The lowest BCUT2D eigenvalue weighted by molar-refractivity contribution is -0.120. The van der Waals surface area contributed by atoms with Crippen LogP contribution in [0.3, 0.4) is 0 Å². The fourth-order valence-corrected chi connectivity index (χ4v) is 1.81. The first kappa shape index (κ1) is 13.0. The third-order valence-corrected chi connectivity index (χ3v) is 2.73. The summed E-state index contributed by atoms with van der Waals surface area (Å²) in [5, 5.41) is 2.85. The number of carbonyl (C=O) groups is 1. The van der Waals surface area contributed by atoms with E-state index in [1.54, 1.807) is 0 Å². The third-order valence-electron chi connectivity index (χ3n) is 2.54. The number of aryl methyl sites for hydroxylation is 2. The zero-order valence-corrected chi connectivity index (χ0v) is 10.6. The number of rotatable bonds is 5. The molecule has 0 unspecified atom stereocenters. The van der Waals surface area contributed by atoms with Gasteiger partial charge in [-0.15, -0.1) is 11.6 Å². The smallest absolute Gasteiger partial charge is 0.221 e. The van der Waals surface area contributed by atoms with Gasteiger partial charge in [0.05, 0.1) is 0 Å². The van der Waals surface area contributed by atoms with Crippen molar-refractivity contribution in [1.29, 1.82) is 0 Å². The van der Waals surface area contributed by atoms with E-state index in [0.29, 0.717) is 18.8 Å². The lowest BCUT2D eigenvalue weighted by atomic mass is 10.0. The summed E-state index contributed by atoms with van der Waals surface area (Å²) in [5.74, 6) is 0.412. The SMILES string of the molecule is Cc1ccc(CCNC(=O)CCCl)c(C)c1. The molecule has 3 heteroatoms. The summed E-state index contributed by atoms with van der Waals surface area (Å²) in [6.45, 7) is 4.86. The molecule has 1 rings (SSSR count). The van der Waals surface area contributed by atoms with E-state index in [0.717, 1.165) is 6.42 Å². The highest BCUT2D eigenvalue weighted by molar-refractivity contribution is 6.18. The third kappa shape index (κ3) is 4.23.